The van der Waals surface area contributed by atoms with E-state index in [1.54, 1.807) is 26.0 Å². The quantitative estimate of drug-likeness (QED) is 0.0874. The zero-order valence-corrected chi connectivity index (χ0v) is 45.4. The predicted octanol–water partition coefficient (Wildman–Crippen LogP) is 7.54. The van der Waals surface area contributed by atoms with Gasteiger partial charge in [0.2, 0.25) is 17.7 Å². The Balaban J connectivity index is 1.27. The number of likely N-dealkylation sites (tertiary alicyclic amines) is 1. The number of carbonyl (C=O) groups excluding carboxylic acids is 6. The maximum atomic E-state index is 14.4. The van der Waals surface area contributed by atoms with E-state index in [0.717, 1.165) is 67.1 Å². The van der Waals surface area contributed by atoms with E-state index < -0.39 is 124 Å². The first-order chi connectivity index (χ1) is 33.5. The molecule has 73 heavy (non-hydrogen) atoms. The number of phenolic OH excluding ortho intramolecular Hbond substituents is 1. The Kier molecular flexibility index (Phi) is 18.0. The summed E-state index contributed by atoms with van der Waals surface area (Å²) in [5.74, 6) is -8.59. The van der Waals surface area contributed by atoms with Crippen molar-refractivity contribution in [1.29, 1.82) is 0 Å². The molecule has 400 valence electrons. The van der Waals surface area contributed by atoms with Crippen molar-refractivity contribution in [3.8, 4) is 5.75 Å². The number of Topliss-reactive ketones (excluding diaryl/α,β-unsaturated/α-hetero) is 1. The van der Waals surface area contributed by atoms with Gasteiger partial charge in [0.15, 0.2) is 0 Å². The highest BCUT2D eigenvalue weighted by molar-refractivity contribution is 8.00. The first-order valence-electron chi connectivity index (χ1n) is 23.6. The van der Waals surface area contributed by atoms with Crippen molar-refractivity contribution in [3.05, 3.63) is 81.9 Å². The number of alkyl halides is 3. The molecule has 1 unspecified atom stereocenters. The van der Waals surface area contributed by atoms with Gasteiger partial charge in [-0.2, -0.15) is 13.2 Å². The smallest absolute Gasteiger partial charge is 0.452 e. The summed E-state index contributed by atoms with van der Waals surface area (Å²) in [5.41, 5.74) is -0.219. The second kappa shape index (κ2) is 22.3. The Morgan fingerprint density at radius 3 is 1.82 bits per heavy atom. The Bertz CT molecular complexity index is 2830. The number of phenols is 1. The molecule has 16 nitrogen and oxygen atoms in total. The minimum absolute atomic E-state index is 0.110. The summed E-state index contributed by atoms with van der Waals surface area (Å²) in [5, 5.41) is 15.6. The van der Waals surface area contributed by atoms with Gasteiger partial charge < -0.3 is 20.6 Å². The van der Waals surface area contributed by atoms with Gasteiger partial charge in [-0.25, -0.2) is 26.3 Å². The SMILES string of the molecule is CC(C)C(NC(=O)[C@@H]1C[C@@H]2CCCC[C@@H]2N1C(=O)[C@@H](NC(=O)c1ccc(S(=O)(=O)NC(=O)c2ccc(Cl)c(S(=O)(=O)NC(=O)CSc3cc(C(C)(C)C)c(O)c(C(C)(C)C)c3)c2)cc1)C(C)C)C(=O)C(F)(F)F. The minimum atomic E-state index is -5.21. The van der Waals surface area contributed by atoms with Crippen LogP contribution in [0.25, 0.3) is 0 Å². The highest BCUT2D eigenvalue weighted by Gasteiger charge is 2.51. The molecule has 23 heteroatoms. The third-order valence-corrected chi connectivity index (χ3v) is 17.0. The summed E-state index contributed by atoms with van der Waals surface area (Å²) in [6.45, 7) is 17.5. The maximum absolute atomic E-state index is 14.4. The van der Waals surface area contributed by atoms with E-state index in [1.807, 2.05) is 51.0 Å². The van der Waals surface area contributed by atoms with Crippen LogP contribution in [0, 0.1) is 17.8 Å². The zero-order valence-electron chi connectivity index (χ0n) is 42.2. The number of rotatable bonds is 16. The van der Waals surface area contributed by atoms with Gasteiger partial charge in [-0.3, -0.25) is 28.8 Å². The van der Waals surface area contributed by atoms with Gasteiger partial charge in [0.25, 0.3) is 37.6 Å². The molecule has 2 fully saturated rings. The molecule has 1 saturated heterocycles. The Morgan fingerprint density at radius 2 is 1.29 bits per heavy atom. The van der Waals surface area contributed by atoms with Crippen LogP contribution in [0.3, 0.4) is 0 Å². The van der Waals surface area contributed by atoms with Crippen LogP contribution in [0.15, 0.2) is 69.3 Å². The highest BCUT2D eigenvalue weighted by atomic mass is 35.5. The topological polar surface area (TPSA) is 242 Å². The fourth-order valence-electron chi connectivity index (χ4n) is 8.96. The number of ketones is 1. The molecule has 0 radical (unpaired) electrons. The number of fused-ring (bicyclic) bond motifs is 1. The maximum Gasteiger partial charge on any atom is 0.452 e. The summed E-state index contributed by atoms with van der Waals surface area (Å²) in [7, 11) is -9.41. The average molecular weight is 1100 g/mol. The second-order valence-corrected chi connectivity index (χ2v) is 26.0. The number of aromatic hydroxyl groups is 1. The van der Waals surface area contributed by atoms with Crippen LogP contribution in [0.2, 0.25) is 5.02 Å². The number of amides is 5. The van der Waals surface area contributed by atoms with Gasteiger partial charge in [-0.15, -0.1) is 11.8 Å². The third kappa shape index (κ3) is 14.0. The lowest BCUT2D eigenvalue weighted by Gasteiger charge is -2.37. The number of nitrogens with zero attached hydrogens (tertiary/aromatic N) is 1. The Labute approximate surface area is 433 Å². The van der Waals surface area contributed by atoms with Crippen LogP contribution in [-0.4, -0.2) is 98.3 Å². The van der Waals surface area contributed by atoms with Crippen molar-refractivity contribution in [2.24, 2.45) is 17.8 Å². The van der Waals surface area contributed by atoms with Crippen molar-refractivity contribution >= 4 is 78.7 Å². The normalized spacial score (nSPS) is 18.4. The molecule has 5 rings (SSSR count). The summed E-state index contributed by atoms with van der Waals surface area (Å²) in [6.07, 6.45) is -2.36. The van der Waals surface area contributed by atoms with E-state index in [4.69, 9.17) is 11.6 Å². The highest BCUT2D eigenvalue weighted by Crippen LogP contribution is 2.43. The molecule has 1 aliphatic heterocycles. The number of hydrogen-bond donors (Lipinski definition) is 5. The van der Waals surface area contributed by atoms with Gasteiger partial charge in [0, 0.05) is 33.2 Å². The monoisotopic (exact) mass is 1100 g/mol. The van der Waals surface area contributed by atoms with Gasteiger partial charge in [-0.1, -0.05) is 93.7 Å². The number of benzene rings is 3. The Hall–Kier alpha value is -5.19. The van der Waals surface area contributed by atoms with Crippen molar-refractivity contribution < 1.29 is 63.9 Å². The molecule has 5 amide bonds. The number of nitrogens with one attached hydrogen (secondary N) is 4. The largest absolute Gasteiger partial charge is 0.507 e. The summed E-state index contributed by atoms with van der Waals surface area (Å²) in [4.78, 5) is 81.3. The molecule has 3 aromatic rings. The van der Waals surface area contributed by atoms with Crippen LogP contribution in [0.1, 0.15) is 133 Å². The molecule has 0 bridgehead atoms. The van der Waals surface area contributed by atoms with Crippen molar-refractivity contribution in [3.63, 3.8) is 0 Å². The molecule has 5 N–H and O–H groups in total. The second-order valence-electron chi connectivity index (χ2n) is 21.2. The Morgan fingerprint density at radius 1 is 0.740 bits per heavy atom. The van der Waals surface area contributed by atoms with E-state index in [9.17, 15) is 63.9 Å². The van der Waals surface area contributed by atoms with Crippen molar-refractivity contribution in [2.75, 3.05) is 5.75 Å². The van der Waals surface area contributed by atoms with Gasteiger partial charge in [-0.05, 0) is 102 Å². The van der Waals surface area contributed by atoms with Gasteiger partial charge in [0.05, 0.1) is 21.7 Å². The third-order valence-electron chi connectivity index (χ3n) is 12.8. The molecule has 5 atom stereocenters. The fourth-order valence-corrected chi connectivity index (χ4v) is 12.3. The van der Waals surface area contributed by atoms with E-state index in [-0.39, 0.29) is 34.4 Å². The fraction of sp³-hybridized carbons (Fsp3) is 0.520. The average Bonchev–Trinajstić information content (AvgIpc) is 3.67. The zero-order chi connectivity index (χ0) is 54.9. The van der Waals surface area contributed by atoms with E-state index in [0.29, 0.717) is 28.9 Å². The van der Waals surface area contributed by atoms with Crippen LogP contribution in [-0.2, 0) is 50.1 Å². The first kappa shape index (κ1) is 58.7. The summed E-state index contributed by atoms with van der Waals surface area (Å²) < 4.78 is 98.0. The van der Waals surface area contributed by atoms with Gasteiger partial charge in [0.1, 0.15) is 22.7 Å². The van der Waals surface area contributed by atoms with Crippen LogP contribution in [0.5, 0.6) is 5.75 Å². The summed E-state index contributed by atoms with van der Waals surface area (Å²) in [6, 6.07) is 5.81. The van der Waals surface area contributed by atoms with Crippen LogP contribution in [0.4, 0.5) is 13.2 Å². The minimum Gasteiger partial charge on any atom is -0.507 e. The molecule has 1 aliphatic carbocycles. The van der Waals surface area contributed by atoms with E-state index >= 15 is 0 Å². The molecule has 1 heterocycles. The summed E-state index contributed by atoms with van der Waals surface area (Å²) >= 11 is 7.25. The van der Waals surface area contributed by atoms with E-state index in [1.165, 1.54) is 18.7 Å². The lowest BCUT2D eigenvalue weighted by atomic mass is 9.79. The molecular weight excluding hydrogens is 1040 g/mol. The number of hydrogen-bond acceptors (Lipinski definition) is 12. The first-order valence-corrected chi connectivity index (χ1v) is 28.0. The molecule has 1 saturated carbocycles. The molecule has 0 aromatic heterocycles. The predicted molar refractivity (Wildman–Crippen MR) is 269 cm³/mol. The van der Waals surface area contributed by atoms with Crippen molar-refractivity contribution in [2.45, 2.75) is 157 Å². The lowest BCUT2D eigenvalue weighted by Crippen LogP contribution is -2.59. The standard InChI is InChI=1S/C50H63ClF3N5O11S3/c1-26(2)40(43(62)50(52,53)54)55-46(65)37-21-29-13-11-12-14-36(29)59(37)47(66)41(27(3)4)56-44(63)28-15-18-32(19-16-28)72(67,68)58-45(64)30-17-20-35(51)38(22-30)73(69,70)57-39(60)25-71-31-23-33(48(5,6)7)42(61)34(24-31)49(8,9)10/h15-20,22-24,26-27,29,36-37,40-41,61H,11-14,21,25H2,1-10H3,(H,55,65)(H,56,63)(H,57,60)(H,58,64)/t29-,36-,37-,40?,41-/m0/s1. The molecule has 2 aliphatic rings. The number of carbonyl (C=O) groups is 6. The van der Waals surface area contributed by atoms with Crippen LogP contribution < -0.4 is 20.1 Å². The van der Waals surface area contributed by atoms with E-state index in [2.05, 4.69) is 10.6 Å². The molecule has 0 spiro atoms. The number of thioether (sulfide) groups is 1. The number of halogens is 4. The van der Waals surface area contributed by atoms with Gasteiger partial charge >= 0.3 is 6.18 Å². The number of sulfonamides is 2. The molecular formula is C50H63ClF3N5O11S3. The lowest BCUT2D eigenvalue weighted by molar-refractivity contribution is -0.175. The van der Waals surface area contributed by atoms with Crippen LogP contribution >= 0.6 is 23.4 Å². The molecule has 3 aromatic carbocycles. The van der Waals surface area contributed by atoms with Crippen molar-refractivity contribution in [1.82, 2.24) is 25.0 Å².